The van der Waals surface area contributed by atoms with E-state index in [9.17, 15) is 8.42 Å². The van der Waals surface area contributed by atoms with Gasteiger partial charge in [-0.3, -0.25) is 0 Å². The first kappa shape index (κ1) is 16.7. The van der Waals surface area contributed by atoms with Crippen LogP contribution in [0.15, 0.2) is 17.0 Å². The third kappa shape index (κ3) is 4.33. The Morgan fingerprint density at radius 3 is 2.58 bits per heavy atom. The van der Waals surface area contributed by atoms with Gasteiger partial charge in [0.25, 0.3) is 0 Å². The van der Waals surface area contributed by atoms with Crippen LogP contribution in [0.3, 0.4) is 0 Å². The van der Waals surface area contributed by atoms with Gasteiger partial charge in [-0.05, 0) is 37.1 Å². The Morgan fingerprint density at radius 2 is 2.05 bits per heavy atom. The molecule has 0 aliphatic carbocycles. The number of rotatable bonds is 6. The van der Waals surface area contributed by atoms with Gasteiger partial charge in [0.15, 0.2) is 0 Å². The molecule has 0 heterocycles. The maximum absolute atomic E-state index is 12.2. The lowest BCUT2D eigenvalue weighted by atomic mass is 10.1. The molecule has 1 aromatic rings. The zero-order valence-electron chi connectivity index (χ0n) is 11.0. The molecule has 0 amide bonds. The maximum Gasteiger partial charge on any atom is 0.240 e. The fourth-order valence-corrected chi connectivity index (χ4v) is 3.52. The third-order valence-corrected chi connectivity index (χ3v) is 4.88. The van der Waals surface area contributed by atoms with Crippen LogP contribution in [-0.2, 0) is 20.6 Å². The zero-order valence-corrected chi connectivity index (χ0v) is 13.4. The summed E-state index contributed by atoms with van der Waals surface area (Å²) in [4.78, 5) is 0.152. The zero-order chi connectivity index (χ0) is 14.6. The molecule has 0 radical (unpaired) electrons. The number of alkyl halides is 1. The van der Waals surface area contributed by atoms with E-state index >= 15 is 0 Å². The van der Waals surface area contributed by atoms with Gasteiger partial charge < -0.3 is 4.74 Å². The van der Waals surface area contributed by atoms with Crippen LogP contribution in [0.4, 0.5) is 0 Å². The summed E-state index contributed by atoms with van der Waals surface area (Å²) in [5, 5.41) is 0.349. The van der Waals surface area contributed by atoms with Gasteiger partial charge in [0.1, 0.15) is 0 Å². The van der Waals surface area contributed by atoms with Gasteiger partial charge in [-0.15, -0.1) is 11.6 Å². The summed E-state index contributed by atoms with van der Waals surface area (Å²) in [5.41, 5.74) is 1.31. The Bertz CT molecular complexity index is 546. The van der Waals surface area contributed by atoms with Crippen molar-refractivity contribution in [2.75, 3.05) is 13.7 Å². The van der Waals surface area contributed by atoms with Crippen LogP contribution in [-0.4, -0.2) is 28.2 Å². The Hall–Kier alpha value is -0.330. The smallest absolute Gasteiger partial charge is 0.240 e. The van der Waals surface area contributed by atoms with Crippen LogP contribution in [0.5, 0.6) is 0 Å². The topological polar surface area (TPSA) is 55.4 Å². The molecular formula is C12H17Cl2NO3S. The summed E-state index contributed by atoms with van der Waals surface area (Å²) >= 11 is 11.7. The quantitative estimate of drug-likeness (QED) is 0.818. The number of ether oxygens (including phenoxy) is 1. The molecule has 19 heavy (non-hydrogen) atoms. The molecule has 0 saturated heterocycles. The van der Waals surface area contributed by atoms with Crippen molar-refractivity contribution in [2.45, 2.75) is 30.7 Å². The van der Waals surface area contributed by atoms with E-state index < -0.39 is 10.0 Å². The van der Waals surface area contributed by atoms with Crippen molar-refractivity contribution in [3.8, 4) is 0 Å². The minimum absolute atomic E-state index is 0.152. The van der Waals surface area contributed by atoms with E-state index in [1.807, 2.05) is 0 Å². The highest BCUT2D eigenvalue weighted by atomic mass is 35.5. The fourth-order valence-electron chi connectivity index (χ4n) is 1.51. The van der Waals surface area contributed by atoms with Crippen LogP contribution < -0.4 is 4.72 Å². The average molecular weight is 326 g/mol. The predicted octanol–water partition coefficient (Wildman–Crippen LogP) is 2.70. The molecule has 1 rings (SSSR count). The predicted molar refractivity (Wildman–Crippen MR) is 77.4 cm³/mol. The monoisotopic (exact) mass is 325 g/mol. The molecule has 0 fully saturated rings. The van der Waals surface area contributed by atoms with E-state index in [0.717, 1.165) is 0 Å². The van der Waals surface area contributed by atoms with Gasteiger partial charge in [0.2, 0.25) is 10.0 Å². The molecular weight excluding hydrogens is 309 g/mol. The second-order valence-electron chi connectivity index (χ2n) is 4.22. The molecule has 1 unspecified atom stereocenters. The minimum atomic E-state index is -3.62. The van der Waals surface area contributed by atoms with Gasteiger partial charge >= 0.3 is 0 Å². The molecule has 0 aliphatic heterocycles. The molecule has 0 spiro atoms. The first-order valence-corrected chi connectivity index (χ1v) is 8.08. The Morgan fingerprint density at radius 1 is 1.42 bits per heavy atom. The number of methoxy groups -OCH3 is 1. The summed E-state index contributed by atoms with van der Waals surface area (Å²) in [7, 11) is -2.10. The molecule has 108 valence electrons. The van der Waals surface area contributed by atoms with Crippen molar-refractivity contribution < 1.29 is 13.2 Å². The van der Waals surface area contributed by atoms with Gasteiger partial charge in [0, 0.05) is 24.6 Å². The maximum atomic E-state index is 12.2. The van der Waals surface area contributed by atoms with Crippen LogP contribution >= 0.6 is 23.2 Å². The fraction of sp³-hybridized carbons (Fsp3) is 0.500. The summed E-state index contributed by atoms with van der Waals surface area (Å²) in [6, 6.07) is 3.09. The van der Waals surface area contributed by atoms with Crippen molar-refractivity contribution in [1.29, 1.82) is 0 Å². The number of halogens is 2. The number of hydrogen-bond acceptors (Lipinski definition) is 3. The Balaban J connectivity index is 3.11. The second kappa shape index (κ2) is 6.90. The number of nitrogens with one attached hydrogen (secondary N) is 1. The SMILES string of the molecule is COC(C)CNS(=O)(=O)c1cc(Cl)cc(CCl)c1C. The van der Waals surface area contributed by atoms with Crippen molar-refractivity contribution in [3.63, 3.8) is 0 Å². The minimum Gasteiger partial charge on any atom is -0.380 e. The highest BCUT2D eigenvalue weighted by molar-refractivity contribution is 7.89. The van der Waals surface area contributed by atoms with Crippen molar-refractivity contribution in [2.24, 2.45) is 0 Å². The first-order chi connectivity index (χ1) is 8.81. The Kier molecular flexibility index (Phi) is 6.08. The van der Waals surface area contributed by atoms with E-state index in [-0.39, 0.29) is 23.4 Å². The molecule has 0 saturated carbocycles. The molecule has 1 aromatic carbocycles. The molecule has 1 atom stereocenters. The van der Waals surface area contributed by atoms with Crippen LogP contribution in [0.2, 0.25) is 5.02 Å². The van der Waals surface area contributed by atoms with Crippen molar-refractivity contribution >= 4 is 33.2 Å². The molecule has 7 heteroatoms. The number of sulfonamides is 1. The van der Waals surface area contributed by atoms with Crippen molar-refractivity contribution in [3.05, 3.63) is 28.3 Å². The van der Waals surface area contributed by atoms with Gasteiger partial charge in [-0.1, -0.05) is 11.6 Å². The lowest BCUT2D eigenvalue weighted by molar-refractivity contribution is 0.122. The third-order valence-electron chi connectivity index (χ3n) is 2.83. The summed E-state index contributed by atoms with van der Waals surface area (Å²) < 4.78 is 31.9. The molecule has 0 bridgehead atoms. The van der Waals surface area contributed by atoms with Crippen molar-refractivity contribution in [1.82, 2.24) is 4.72 Å². The second-order valence-corrected chi connectivity index (χ2v) is 6.66. The lowest BCUT2D eigenvalue weighted by Gasteiger charge is -2.14. The highest BCUT2D eigenvalue weighted by Gasteiger charge is 2.20. The molecule has 0 aliphatic rings. The molecule has 1 N–H and O–H groups in total. The number of benzene rings is 1. The average Bonchev–Trinajstić information content (AvgIpc) is 2.38. The van der Waals surface area contributed by atoms with Gasteiger partial charge in [-0.25, -0.2) is 13.1 Å². The van der Waals surface area contributed by atoms with Crippen LogP contribution in [0.1, 0.15) is 18.1 Å². The van der Waals surface area contributed by atoms with Gasteiger partial charge in [-0.2, -0.15) is 0 Å². The summed E-state index contributed by atoms with van der Waals surface area (Å²) in [5.74, 6) is 0.212. The lowest BCUT2D eigenvalue weighted by Crippen LogP contribution is -2.32. The van der Waals surface area contributed by atoms with E-state index in [2.05, 4.69) is 4.72 Å². The van der Waals surface area contributed by atoms with E-state index in [1.165, 1.54) is 13.2 Å². The van der Waals surface area contributed by atoms with Gasteiger partial charge in [0.05, 0.1) is 11.0 Å². The van der Waals surface area contributed by atoms with Crippen LogP contribution in [0.25, 0.3) is 0 Å². The highest BCUT2D eigenvalue weighted by Crippen LogP contribution is 2.25. The Labute approximate surface area is 124 Å². The van der Waals surface area contributed by atoms with E-state index in [0.29, 0.717) is 16.1 Å². The van der Waals surface area contributed by atoms with Crippen LogP contribution in [0, 0.1) is 6.92 Å². The first-order valence-electron chi connectivity index (χ1n) is 5.69. The van der Waals surface area contributed by atoms with E-state index in [4.69, 9.17) is 27.9 Å². The standard InChI is InChI=1S/C12H17Cl2NO3S/c1-8(18-3)7-15-19(16,17)12-5-11(14)4-10(6-13)9(12)2/h4-5,8,15H,6-7H2,1-3H3. The molecule has 0 aromatic heterocycles. The number of hydrogen-bond donors (Lipinski definition) is 1. The largest absolute Gasteiger partial charge is 0.380 e. The normalized spacial score (nSPS) is 13.5. The molecule has 4 nitrogen and oxygen atoms in total. The summed E-state index contributed by atoms with van der Waals surface area (Å²) in [6.45, 7) is 3.68. The summed E-state index contributed by atoms with van der Waals surface area (Å²) in [6.07, 6.45) is -0.207. The van der Waals surface area contributed by atoms with E-state index in [1.54, 1.807) is 19.9 Å².